The molecule has 0 spiro atoms. The fraction of sp³-hybridized carbons (Fsp3) is 0.333. The van der Waals surface area contributed by atoms with Crippen LogP contribution in [-0.2, 0) is 7.05 Å². The minimum Gasteiger partial charge on any atom is -0.456 e. The number of pyridine rings is 1. The number of hydrogen-bond donors (Lipinski definition) is 0. The molecule has 6 rings (SSSR count). The van der Waals surface area contributed by atoms with Crippen LogP contribution in [0.15, 0.2) is 65.1 Å². The fourth-order valence-electron chi connectivity index (χ4n) is 6.45. The highest BCUT2D eigenvalue weighted by molar-refractivity contribution is 6.15. The average molecular weight is 514 g/mol. The molecule has 3 nitrogen and oxygen atoms in total. The molecule has 3 aromatic carbocycles. The van der Waals surface area contributed by atoms with Crippen molar-refractivity contribution < 1.29 is 8.98 Å². The number of rotatable bonds is 4. The molecule has 0 unspecified atom stereocenters. The Balaban J connectivity index is 1.61. The van der Waals surface area contributed by atoms with E-state index in [0.717, 1.165) is 38.6 Å². The van der Waals surface area contributed by atoms with Crippen LogP contribution in [0.4, 0.5) is 5.69 Å². The Morgan fingerprint density at radius 3 is 2.18 bits per heavy atom. The van der Waals surface area contributed by atoms with Gasteiger partial charge in [-0.1, -0.05) is 81.6 Å². The maximum atomic E-state index is 7.92. The smallest absolute Gasteiger partial charge is 0.216 e. The van der Waals surface area contributed by atoms with Crippen molar-refractivity contribution in [3.63, 3.8) is 0 Å². The summed E-state index contributed by atoms with van der Waals surface area (Å²) in [5, 5.41) is 2.16. The van der Waals surface area contributed by atoms with Crippen LogP contribution < -0.4 is 4.57 Å². The Morgan fingerprint density at radius 1 is 0.846 bits per heavy atom. The summed E-state index contributed by atoms with van der Waals surface area (Å²) in [4.78, 5) is 3.90. The van der Waals surface area contributed by atoms with E-state index in [9.17, 15) is 0 Å². The van der Waals surface area contributed by atoms with E-state index < -0.39 is 0 Å². The molecule has 0 atom stereocenters. The van der Waals surface area contributed by atoms with Crippen LogP contribution >= 0.6 is 0 Å². The van der Waals surface area contributed by atoms with Crippen molar-refractivity contribution >= 4 is 27.6 Å². The monoisotopic (exact) mass is 513 g/mol. The molecule has 5 aromatic rings. The first-order valence-corrected chi connectivity index (χ1v) is 14.3. The largest absolute Gasteiger partial charge is 0.456 e. The van der Waals surface area contributed by atoms with Crippen LogP contribution in [0.5, 0.6) is 0 Å². The van der Waals surface area contributed by atoms with E-state index in [1.807, 2.05) is 6.07 Å². The van der Waals surface area contributed by atoms with E-state index in [0.29, 0.717) is 17.5 Å². The number of furan rings is 1. The Kier molecular flexibility index (Phi) is 6.51. The quantitative estimate of drug-likeness (QED) is 0.173. The first-order valence-electron chi connectivity index (χ1n) is 14.3. The second-order valence-corrected chi connectivity index (χ2v) is 11.7. The normalized spacial score (nSPS) is 14.4. The molecule has 39 heavy (non-hydrogen) atoms. The molecule has 0 saturated heterocycles. The predicted molar refractivity (Wildman–Crippen MR) is 161 cm³/mol. The van der Waals surface area contributed by atoms with Gasteiger partial charge in [-0.15, -0.1) is 0 Å². The summed E-state index contributed by atoms with van der Waals surface area (Å²) in [5.41, 5.74) is 11.8. The van der Waals surface area contributed by atoms with Crippen LogP contribution in [0.25, 0.3) is 49.2 Å². The lowest BCUT2D eigenvalue weighted by atomic mass is 9.83. The summed E-state index contributed by atoms with van der Waals surface area (Å²) in [5.74, 6) is 1.09. The Labute approximate surface area is 231 Å². The van der Waals surface area contributed by atoms with Gasteiger partial charge in [0.15, 0.2) is 11.4 Å². The first kappa shape index (κ1) is 25.4. The third-order valence-electron chi connectivity index (χ3n) is 8.88. The summed E-state index contributed by atoms with van der Waals surface area (Å²) in [6, 6.07) is 21.8. The second kappa shape index (κ2) is 10.0. The lowest BCUT2D eigenvalue weighted by Crippen LogP contribution is -2.35. The molecule has 2 aromatic heterocycles. The summed E-state index contributed by atoms with van der Waals surface area (Å²) >= 11 is 0. The van der Waals surface area contributed by atoms with Gasteiger partial charge in [0.25, 0.3) is 0 Å². The summed E-state index contributed by atoms with van der Waals surface area (Å²) in [6.45, 7) is 16.7. The molecule has 0 bridgehead atoms. The lowest BCUT2D eigenvalue weighted by molar-refractivity contribution is -0.666. The van der Waals surface area contributed by atoms with Crippen LogP contribution in [0.1, 0.15) is 80.2 Å². The average Bonchev–Trinajstić information content (AvgIpc) is 3.33. The van der Waals surface area contributed by atoms with Crippen molar-refractivity contribution in [2.75, 3.05) is 0 Å². The molecule has 3 heteroatoms. The topological polar surface area (TPSA) is 21.4 Å². The van der Waals surface area contributed by atoms with Gasteiger partial charge < -0.3 is 4.42 Å². The second-order valence-electron chi connectivity index (χ2n) is 11.7. The minimum absolute atomic E-state index is 0.459. The van der Waals surface area contributed by atoms with Gasteiger partial charge in [-0.25, -0.2) is 4.85 Å². The van der Waals surface area contributed by atoms with Gasteiger partial charge in [-0.3, -0.25) is 0 Å². The van der Waals surface area contributed by atoms with Gasteiger partial charge in [0.05, 0.1) is 12.1 Å². The van der Waals surface area contributed by atoms with E-state index in [1.54, 1.807) is 0 Å². The standard InChI is InChI=1S/C36H37N2O/c1-22(2)25-13-15-27(16-14-25)34-31(37-5)19-18-30-29-17-12-23(3)33(35(29)39-36(30)34)32-21-28(20-24(4)38(32)6)26-10-8-7-9-11-26/h12-22,26H,7-11H2,1-4,6H3/q+1. The SMILES string of the molecule is [C-]#[N+]c1ccc2c(oc3c(-c4cc(C5CCCCC5)cc(C)[n+]4C)c(C)ccc32)c1-c1ccc(C(C)C)cc1. The molecular weight excluding hydrogens is 476 g/mol. The maximum Gasteiger partial charge on any atom is 0.216 e. The Morgan fingerprint density at radius 2 is 1.51 bits per heavy atom. The predicted octanol–water partition coefficient (Wildman–Crippen LogP) is 10.1. The van der Waals surface area contributed by atoms with Gasteiger partial charge in [-0.2, -0.15) is 4.57 Å². The number of benzene rings is 3. The van der Waals surface area contributed by atoms with Crippen molar-refractivity contribution in [1.82, 2.24) is 0 Å². The Bertz CT molecular complexity index is 1740. The molecular formula is C36H37N2O+. The molecule has 1 fully saturated rings. The van der Waals surface area contributed by atoms with Gasteiger partial charge in [-0.05, 0) is 53.9 Å². The summed E-state index contributed by atoms with van der Waals surface area (Å²) < 4.78 is 9.15. The van der Waals surface area contributed by atoms with Gasteiger partial charge in [0, 0.05) is 35.4 Å². The fourth-order valence-corrected chi connectivity index (χ4v) is 6.45. The molecule has 1 saturated carbocycles. The van der Waals surface area contributed by atoms with Gasteiger partial charge >= 0.3 is 0 Å². The van der Waals surface area contributed by atoms with Gasteiger partial charge in [0.1, 0.15) is 18.2 Å². The van der Waals surface area contributed by atoms with Crippen LogP contribution in [-0.4, -0.2) is 0 Å². The molecule has 0 N–H and O–H groups in total. The van der Waals surface area contributed by atoms with Gasteiger partial charge in [0.2, 0.25) is 5.69 Å². The van der Waals surface area contributed by atoms with Crippen LogP contribution in [0.3, 0.4) is 0 Å². The third kappa shape index (κ3) is 4.33. The number of nitrogens with zero attached hydrogens (tertiary/aromatic N) is 2. The van der Waals surface area contributed by atoms with Crippen molar-refractivity contribution in [3.8, 4) is 22.4 Å². The molecule has 0 radical (unpaired) electrons. The van der Waals surface area contributed by atoms with Crippen molar-refractivity contribution in [1.29, 1.82) is 0 Å². The van der Waals surface area contributed by atoms with E-state index in [1.165, 1.54) is 60.2 Å². The molecule has 1 aliphatic rings. The number of hydrogen-bond acceptors (Lipinski definition) is 1. The van der Waals surface area contributed by atoms with Crippen molar-refractivity contribution in [2.24, 2.45) is 7.05 Å². The molecule has 196 valence electrons. The van der Waals surface area contributed by atoms with Crippen LogP contribution in [0.2, 0.25) is 0 Å². The number of aromatic nitrogens is 1. The molecule has 2 heterocycles. The van der Waals surface area contributed by atoms with E-state index in [4.69, 9.17) is 11.0 Å². The minimum atomic E-state index is 0.459. The molecule has 0 aliphatic heterocycles. The zero-order chi connectivity index (χ0) is 27.3. The van der Waals surface area contributed by atoms with Crippen molar-refractivity contribution in [2.45, 2.75) is 71.6 Å². The van der Waals surface area contributed by atoms with E-state index >= 15 is 0 Å². The maximum absolute atomic E-state index is 7.92. The number of fused-ring (bicyclic) bond motifs is 3. The van der Waals surface area contributed by atoms with E-state index in [2.05, 4.69) is 98.8 Å². The van der Waals surface area contributed by atoms with E-state index in [-0.39, 0.29) is 0 Å². The lowest BCUT2D eigenvalue weighted by Gasteiger charge is -2.22. The molecule has 1 aliphatic carbocycles. The summed E-state index contributed by atoms with van der Waals surface area (Å²) in [7, 11) is 2.16. The van der Waals surface area contributed by atoms with Crippen LogP contribution in [0, 0.1) is 20.4 Å². The summed E-state index contributed by atoms with van der Waals surface area (Å²) in [6.07, 6.45) is 6.55. The third-order valence-corrected chi connectivity index (χ3v) is 8.88. The number of aryl methyl sites for hydroxylation is 2. The highest BCUT2D eigenvalue weighted by Crippen LogP contribution is 2.45. The highest BCUT2D eigenvalue weighted by atomic mass is 16.3. The van der Waals surface area contributed by atoms with Crippen molar-refractivity contribution in [3.05, 3.63) is 94.5 Å². The zero-order valence-corrected chi connectivity index (χ0v) is 23.8. The Hall–Kier alpha value is -3.90. The zero-order valence-electron chi connectivity index (χ0n) is 23.8. The first-order chi connectivity index (χ1) is 18.9. The highest BCUT2D eigenvalue weighted by Gasteiger charge is 2.26. The molecule has 0 amide bonds.